The molecule has 4 nitrogen and oxygen atoms in total. The number of carbonyl (C=O) groups is 1. The number of nitrogens with one attached hydrogen (secondary N) is 2. The molecule has 2 aliphatic rings. The molecular weight excluding hydrogens is 180 g/mol. The van der Waals surface area contributed by atoms with Crippen molar-refractivity contribution in [1.29, 1.82) is 0 Å². The molecule has 14 heavy (non-hydrogen) atoms. The van der Waals surface area contributed by atoms with E-state index in [1.807, 2.05) is 0 Å². The maximum Gasteiger partial charge on any atom is 0.249 e. The summed E-state index contributed by atoms with van der Waals surface area (Å²) < 4.78 is 5.32. The largest absolute Gasteiger partial charge is 0.368 e. The van der Waals surface area contributed by atoms with Gasteiger partial charge in [-0.15, -0.1) is 0 Å². The van der Waals surface area contributed by atoms with Crippen LogP contribution in [0.2, 0.25) is 0 Å². The highest BCUT2D eigenvalue weighted by Crippen LogP contribution is 2.12. The van der Waals surface area contributed by atoms with Crippen LogP contribution in [0.15, 0.2) is 0 Å². The van der Waals surface area contributed by atoms with Crippen LogP contribution < -0.4 is 10.6 Å². The summed E-state index contributed by atoms with van der Waals surface area (Å²) in [6.07, 6.45) is 3.95. The van der Waals surface area contributed by atoms with E-state index in [4.69, 9.17) is 4.74 Å². The molecular formula is C10H18N2O2. The Morgan fingerprint density at radius 1 is 1.36 bits per heavy atom. The molecule has 0 spiro atoms. The van der Waals surface area contributed by atoms with E-state index in [0.29, 0.717) is 6.04 Å². The van der Waals surface area contributed by atoms with Gasteiger partial charge in [0, 0.05) is 19.2 Å². The lowest BCUT2D eigenvalue weighted by Crippen LogP contribution is -2.48. The summed E-state index contributed by atoms with van der Waals surface area (Å²) in [5, 5.41) is 6.31. The summed E-state index contributed by atoms with van der Waals surface area (Å²) in [5.74, 6) is 0.0798. The van der Waals surface area contributed by atoms with Gasteiger partial charge in [-0.05, 0) is 32.2 Å². The minimum atomic E-state index is -0.183. The Morgan fingerprint density at radius 2 is 2.29 bits per heavy atom. The number of rotatable bonds is 2. The Kier molecular flexibility index (Phi) is 3.37. The molecule has 1 amide bonds. The highest BCUT2D eigenvalue weighted by atomic mass is 16.5. The van der Waals surface area contributed by atoms with Gasteiger partial charge in [0.2, 0.25) is 5.91 Å². The molecule has 1 unspecified atom stereocenters. The van der Waals surface area contributed by atoms with Crippen molar-refractivity contribution in [2.45, 2.75) is 37.8 Å². The molecule has 2 fully saturated rings. The van der Waals surface area contributed by atoms with E-state index in [9.17, 15) is 4.79 Å². The van der Waals surface area contributed by atoms with Gasteiger partial charge >= 0.3 is 0 Å². The SMILES string of the molecule is O=C(N[C@@H]1CCCNC1)C1CCCO1. The monoisotopic (exact) mass is 198 g/mol. The number of piperidine rings is 1. The third kappa shape index (κ3) is 2.45. The number of hydrogen-bond acceptors (Lipinski definition) is 3. The maximum atomic E-state index is 11.6. The van der Waals surface area contributed by atoms with Crippen LogP contribution >= 0.6 is 0 Å². The first-order valence-electron chi connectivity index (χ1n) is 5.49. The Balaban J connectivity index is 1.75. The van der Waals surface area contributed by atoms with Crippen molar-refractivity contribution in [3.05, 3.63) is 0 Å². The van der Waals surface area contributed by atoms with E-state index in [1.165, 1.54) is 0 Å². The Hall–Kier alpha value is -0.610. The summed E-state index contributed by atoms with van der Waals surface area (Å²) in [6, 6.07) is 0.306. The quantitative estimate of drug-likeness (QED) is 0.658. The molecule has 2 aliphatic heterocycles. The number of hydrogen-bond donors (Lipinski definition) is 2. The summed E-state index contributed by atoms with van der Waals surface area (Å²) in [4.78, 5) is 11.6. The fourth-order valence-electron chi connectivity index (χ4n) is 2.05. The van der Waals surface area contributed by atoms with Crippen LogP contribution in [0.4, 0.5) is 0 Å². The van der Waals surface area contributed by atoms with Crippen LogP contribution in [-0.2, 0) is 9.53 Å². The molecule has 4 heteroatoms. The van der Waals surface area contributed by atoms with Crippen molar-refractivity contribution < 1.29 is 9.53 Å². The highest BCUT2D eigenvalue weighted by molar-refractivity contribution is 5.81. The molecule has 0 aliphatic carbocycles. The van der Waals surface area contributed by atoms with Gasteiger partial charge < -0.3 is 15.4 Å². The van der Waals surface area contributed by atoms with Crippen LogP contribution in [0.1, 0.15) is 25.7 Å². The predicted octanol–water partition coefficient (Wildman–Crippen LogP) is 0.0336. The zero-order valence-corrected chi connectivity index (χ0v) is 8.42. The van der Waals surface area contributed by atoms with Crippen LogP contribution in [0.3, 0.4) is 0 Å². The zero-order chi connectivity index (χ0) is 9.80. The average molecular weight is 198 g/mol. The Labute approximate surface area is 84.4 Å². The van der Waals surface area contributed by atoms with Crippen molar-refractivity contribution in [2.24, 2.45) is 0 Å². The first-order chi connectivity index (χ1) is 6.86. The van der Waals surface area contributed by atoms with Crippen LogP contribution in [0.25, 0.3) is 0 Å². The normalized spacial score (nSPS) is 32.9. The molecule has 2 N–H and O–H groups in total. The third-order valence-corrected chi connectivity index (χ3v) is 2.87. The molecule has 0 aromatic heterocycles. The van der Waals surface area contributed by atoms with E-state index in [2.05, 4.69) is 10.6 Å². The molecule has 0 radical (unpaired) electrons. The van der Waals surface area contributed by atoms with Gasteiger partial charge in [0.25, 0.3) is 0 Å². The van der Waals surface area contributed by atoms with Gasteiger partial charge in [-0.25, -0.2) is 0 Å². The molecule has 2 heterocycles. The summed E-state index contributed by atoms with van der Waals surface area (Å²) >= 11 is 0. The van der Waals surface area contributed by atoms with Gasteiger partial charge in [-0.2, -0.15) is 0 Å². The van der Waals surface area contributed by atoms with Crippen molar-refractivity contribution in [1.82, 2.24) is 10.6 Å². The van der Waals surface area contributed by atoms with E-state index >= 15 is 0 Å². The fourth-order valence-corrected chi connectivity index (χ4v) is 2.05. The summed E-state index contributed by atoms with van der Waals surface area (Å²) in [5.41, 5.74) is 0. The van der Waals surface area contributed by atoms with Crippen molar-refractivity contribution in [3.8, 4) is 0 Å². The van der Waals surface area contributed by atoms with Crippen molar-refractivity contribution >= 4 is 5.91 Å². The van der Waals surface area contributed by atoms with Gasteiger partial charge in [0.05, 0.1) is 0 Å². The first kappa shape index (κ1) is 9.93. The van der Waals surface area contributed by atoms with E-state index in [0.717, 1.165) is 45.4 Å². The summed E-state index contributed by atoms with van der Waals surface area (Å²) in [6.45, 7) is 2.71. The minimum absolute atomic E-state index is 0.0798. The lowest BCUT2D eigenvalue weighted by atomic mass is 10.1. The third-order valence-electron chi connectivity index (χ3n) is 2.87. The Morgan fingerprint density at radius 3 is 2.93 bits per heavy atom. The van der Waals surface area contributed by atoms with E-state index in [-0.39, 0.29) is 12.0 Å². The second-order valence-electron chi connectivity index (χ2n) is 4.05. The molecule has 80 valence electrons. The molecule has 0 bridgehead atoms. The predicted molar refractivity (Wildman–Crippen MR) is 53.0 cm³/mol. The number of ether oxygens (including phenoxy) is 1. The molecule has 2 atom stereocenters. The molecule has 0 aromatic rings. The second kappa shape index (κ2) is 4.75. The minimum Gasteiger partial charge on any atom is -0.368 e. The second-order valence-corrected chi connectivity index (χ2v) is 4.05. The van der Waals surface area contributed by atoms with Crippen LogP contribution in [0, 0.1) is 0 Å². The highest BCUT2D eigenvalue weighted by Gasteiger charge is 2.25. The number of carbonyl (C=O) groups excluding carboxylic acids is 1. The van der Waals surface area contributed by atoms with Crippen LogP contribution in [-0.4, -0.2) is 37.7 Å². The van der Waals surface area contributed by atoms with Crippen molar-refractivity contribution in [2.75, 3.05) is 19.7 Å². The molecule has 0 saturated carbocycles. The fraction of sp³-hybridized carbons (Fsp3) is 0.900. The lowest BCUT2D eigenvalue weighted by molar-refractivity contribution is -0.130. The van der Waals surface area contributed by atoms with Gasteiger partial charge in [-0.1, -0.05) is 0 Å². The van der Waals surface area contributed by atoms with Crippen molar-refractivity contribution in [3.63, 3.8) is 0 Å². The lowest BCUT2D eigenvalue weighted by Gasteiger charge is -2.24. The molecule has 2 saturated heterocycles. The first-order valence-corrected chi connectivity index (χ1v) is 5.49. The average Bonchev–Trinajstić information content (AvgIpc) is 2.72. The standard InChI is InChI=1S/C10H18N2O2/c13-10(9-4-2-6-14-9)12-8-3-1-5-11-7-8/h8-9,11H,1-7H2,(H,12,13)/t8-,9?/m1/s1. The topological polar surface area (TPSA) is 50.4 Å². The van der Waals surface area contributed by atoms with Gasteiger partial charge in [-0.3, -0.25) is 4.79 Å². The van der Waals surface area contributed by atoms with E-state index in [1.54, 1.807) is 0 Å². The van der Waals surface area contributed by atoms with E-state index < -0.39 is 0 Å². The van der Waals surface area contributed by atoms with Gasteiger partial charge in [0.1, 0.15) is 6.10 Å². The number of amides is 1. The maximum absolute atomic E-state index is 11.6. The van der Waals surface area contributed by atoms with Crippen LogP contribution in [0.5, 0.6) is 0 Å². The molecule has 2 rings (SSSR count). The smallest absolute Gasteiger partial charge is 0.249 e. The van der Waals surface area contributed by atoms with Gasteiger partial charge in [0.15, 0.2) is 0 Å². The molecule has 0 aromatic carbocycles. The summed E-state index contributed by atoms with van der Waals surface area (Å²) in [7, 11) is 0. The Bertz CT molecular complexity index is 196. The zero-order valence-electron chi connectivity index (χ0n) is 8.42.